The van der Waals surface area contributed by atoms with Crippen molar-refractivity contribution in [3.63, 3.8) is 0 Å². The fourth-order valence-electron chi connectivity index (χ4n) is 4.40. The van der Waals surface area contributed by atoms with E-state index in [1.165, 1.54) is 28.6 Å². The average Bonchev–Trinajstić information content (AvgIpc) is 2.80. The molecule has 1 aromatic carbocycles. The summed E-state index contributed by atoms with van der Waals surface area (Å²) in [6.07, 6.45) is 6.45. The molecule has 23 heavy (non-hydrogen) atoms. The highest BCUT2D eigenvalue weighted by Crippen LogP contribution is 2.36. The molecule has 1 saturated carbocycles. The van der Waals surface area contributed by atoms with Crippen molar-refractivity contribution in [3.8, 4) is 0 Å². The summed E-state index contributed by atoms with van der Waals surface area (Å²) in [7, 11) is 2.17. The number of benzene rings is 1. The van der Waals surface area contributed by atoms with Crippen LogP contribution in [0.4, 0.5) is 0 Å². The molecule has 0 saturated heterocycles. The lowest BCUT2D eigenvalue weighted by molar-refractivity contribution is -0.0112. The van der Waals surface area contributed by atoms with Crippen molar-refractivity contribution in [2.75, 3.05) is 13.6 Å². The van der Waals surface area contributed by atoms with Gasteiger partial charge in [0.1, 0.15) is 0 Å². The summed E-state index contributed by atoms with van der Waals surface area (Å²) >= 11 is 6.25. The first kappa shape index (κ1) is 15.5. The molecular weight excluding hydrogens is 308 g/mol. The Kier molecular flexibility index (Phi) is 3.91. The third kappa shape index (κ3) is 2.79. The van der Waals surface area contributed by atoms with E-state index in [-0.39, 0.29) is 0 Å². The summed E-state index contributed by atoms with van der Waals surface area (Å²) in [6, 6.07) is 6.19. The highest BCUT2D eigenvalue weighted by atomic mass is 35.5. The molecule has 1 N–H and O–H groups in total. The Morgan fingerprint density at radius 3 is 2.78 bits per heavy atom. The number of aliphatic hydroxyl groups is 1. The molecule has 4 heteroatoms. The molecule has 0 amide bonds. The molecule has 1 fully saturated rings. The van der Waals surface area contributed by atoms with Gasteiger partial charge in [-0.25, -0.2) is 0 Å². The maximum absolute atomic E-state index is 11.1. The van der Waals surface area contributed by atoms with Crippen molar-refractivity contribution < 1.29 is 5.11 Å². The molecule has 1 aromatic heterocycles. The number of hydrogen-bond donors (Lipinski definition) is 1. The van der Waals surface area contributed by atoms with Gasteiger partial charge in [0, 0.05) is 41.1 Å². The van der Waals surface area contributed by atoms with E-state index in [2.05, 4.69) is 28.6 Å². The predicted octanol–water partition coefficient (Wildman–Crippen LogP) is 3.98. The first-order valence-corrected chi connectivity index (χ1v) is 9.14. The second-order valence-corrected chi connectivity index (χ2v) is 7.88. The van der Waals surface area contributed by atoms with Gasteiger partial charge >= 0.3 is 0 Å². The maximum Gasteiger partial charge on any atom is 0.0826 e. The Hall–Kier alpha value is -1.03. The van der Waals surface area contributed by atoms with Crippen molar-refractivity contribution in [2.45, 2.75) is 57.2 Å². The van der Waals surface area contributed by atoms with Crippen LogP contribution < -0.4 is 0 Å². The van der Waals surface area contributed by atoms with Crippen LogP contribution in [0.15, 0.2) is 18.2 Å². The zero-order valence-electron chi connectivity index (χ0n) is 13.8. The molecule has 0 bridgehead atoms. The minimum atomic E-state index is -0.541. The van der Waals surface area contributed by atoms with Crippen LogP contribution in [-0.4, -0.2) is 33.8 Å². The summed E-state index contributed by atoms with van der Waals surface area (Å²) in [6.45, 7) is 2.78. The standard InChI is InChI=1S/C19H25ClN2O/c1-21-10-7-18-16(12-21)15-11-14(20)5-6-17(15)22(18)13-19(23)8-3-2-4-9-19/h5-6,11,23H,2-4,7-10,12-13H2,1H3. The number of halogens is 1. The second kappa shape index (κ2) is 5.80. The lowest BCUT2D eigenvalue weighted by atomic mass is 9.84. The van der Waals surface area contributed by atoms with Gasteiger partial charge in [-0.2, -0.15) is 0 Å². The van der Waals surface area contributed by atoms with E-state index in [1.54, 1.807) is 0 Å². The number of rotatable bonds is 2. The third-order valence-electron chi connectivity index (χ3n) is 5.64. The van der Waals surface area contributed by atoms with Crippen LogP contribution in [0.5, 0.6) is 0 Å². The molecule has 3 nitrogen and oxygen atoms in total. The molecule has 4 rings (SSSR count). The number of fused-ring (bicyclic) bond motifs is 3. The van der Waals surface area contributed by atoms with E-state index < -0.39 is 5.60 Å². The van der Waals surface area contributed by atoms with Gasteiger partial charge in [0.05, 0.1) is 12.1 Å². The van der Waals surface area contributed by atoms with E-state index in [1.807, 2.05) is 6.07 Å². The quantitative estimate of drug-likeness (QED) is 0.901. The number of aromatic nitrogens is 1. The van der Waals surface area contributed by atoms with Crippen LogP contribution in [0.25, 0.3) is 10.9 Å². The minimum absolute atomic E-state index is 0.541. The molecule has 1 aliphatic heterocycles. The van der Waals surface area contributed by atoms with Crippen LogP contribution in [-0.2, 0) is 19.5 Å². The Morgan fingerprint density at radius 1 is 1.22 bits per heavy atom. The van der Waals surface area contributed by atoms with Gasteiger partial charge in [0.2, 0.25) is 0 Å². The van der Waals surface area contributed by atoms with Gasteiger partial charge < -0.3 is 14.6 Å². The molecule has 2 aliphatic rings. The van der Waals surface area contributed by atoms with Gasteiger partial charge in [0.15, 0.2) is 0 Å². The molecular formula is C19H25ClN2O. The Bertz CT molecular complexity index is 731. The molecule has 0 unspecified atom stereocenters. The Labute approximate surface area is 142 Å². The topological polar surface area (TPSA) is 28.4 Å². The SMILES string of the molecule is CN1CCc2c(c3cc(Cl)ccc3n2CC2(O)CCCCC2)C1. The zero-order chi connectivity index (χ0) is 16.0. The van der Waals surface area contributed by atoms with Crippen LogP contribution >= 0.6 is 11.6 Å². The van der Waals surface area contributed by atoms with Gasteiger partial charge in [-0.1, -0.05) is 30.9 Å². The Balaban J connectivity index is 1.82. The van der Waals surface area contributed by atoms with Crippen LogP contribution in [0, 0.1) is 0 Å². The first-order chi connectivity index (χ1) is 11.1. The molecule has 0 atom stereocenters. The van der Waals surface area contributed by atoms with E-state index in [9.17, 15) is 5.11 Å². The van der Waals surface area contributed by atoms with Crippen molar-refractivity contribution in [1.29, 1.82) is 0 Å². The smallest absolute Gasteiger partial charge is 0.0826 e. The average molecular weight is 333 g/mol. The summed E-state index contributed by atoms with van der Waals surface area (Å²) in [5.41, 5.74) is 3.49. The van der Waals surface area contributed by atoms with Crippen molar-refractivity contribution in [3.05, 3.63) is 34.5 Å². The zero-order valence-corrected chi connectivity index (χ0v) is 14.6. The van der Waals surface area contributed by atoms with Crippen molar-refractivity contribution in [2.24, 2.45) is 0 Å². The van der Waals surface area contributed by atoms with Crippen LogP contribution in [0.3, 0.4) is 0 Å². The van der Waals surface area contributed by atoms with Gasteiger partial charge in [-0.15, -0.1) is 0 Å². The predicted molar refractivity (Wildman–Crippen MR) is 95.0 cm³/mol. The number of likely N-dealkylation sites (N-methyl/N-ethyl adjacent to an activating group) is 1. The highest BCUT2D eigenvalue weighted by molar-refractivity contribution is 6.31. The van der Waals surface area contributed by atoms with Crippen molar-refractivity contribution in [1.82, 2.24) is 9.47 Å². The number of hydrogen-bond acceptors (Lipinski definition) is 2. The van der Waals surface area contributed by atoms with E-state index in [0.717, 1.165) is 56.8 Å². The molecule has 124 valence electrons. The van der Waals surface area contributed by atoms with E-state index in [4.69, 9.17) is 11.6 Å². The number of nitrogens with zero attached hydrogens (tertiary/aromatic N) is 2. The highest BCUT2D eigenvalue weighted by Gasteiger charge is 2.32. The van der Waals surface area contributed by atoms with Crippen LogP contribution in [0.1, 0.15) is 43.4 Å². The fourth-order valence-corrected chi connectivity index (χ4v) is 4.57. The third-order valence-corrected chi connectivity index (χ3v) is 5.88. The van der Waals surface area contributed by atoms with Gasteiger partial charge in [-0.05, 0) is 43.7 Å². The molecule has 2 aromatic rings. The second-order valence-electron chi connectivity index (χ2n) is 7.45. The molecule has 2 heterocycles. The summed E-state index contributed by atoms with van der Waals surface area (Å²) in [5.74, 6) is 0. The van der Waals surface area contributed by atoms with E-state index in [0.29, 0.717) is 0 Å². The first-order valence-electron chi connectivity index (χ1n) is 8.76. The van der Waals surface area contributed by atoms with Gasteiger partial charge in [-0.3, -0.25) is 0 Å². The largest absolute Gasteiger partial charge is 0.388 e. The normalized spacial score (nSPS) is 21.5. The monoisotopic (exact) mass is 332 g/mol. The van der Waals surface area contributed by atoms with Crippen molar-refractivity contribution >= 4 is 22.5 Å². The van der Waals surface area contributed by atoms with Gasteiger partial charge in [0.25, 0.3) is 0 Å². The molecule has 0 spiro atoms. The molecule has 0 radical (unpaired) electrons. The Morgan fingerprint density at radius 2 is 2.00 bits per heavy atom. The maximum atomic E-state index is 11.1. The summed E-state index contributed by atoms with van der Waals surface area (Å²) in [5, 5.41) is 13.1. The van der Waals surface area contributed by atoms with Crippen LogP contribution in [0.2, 0.25) is 5.02 Å². The lowest BCUT2D eigenvalue weighted by Crippen LogP contribution is -2.37. The summed E-state index contributed by atoms with van der Waals surface area (Å²) in [4.78, 5) is 2.36. The fraction of sp³-hybridized carbons (Fsp3) is 0.579. The molecule has 1 aliphatic carbocycles. The lowest BCUT2D eigenvalue weighted by Gasteiger charge is -2.34. The van der Waals surface area contributed by atoms with E-state index >= 15 is 0 Å². The summed E-state index contributed by atoms with van der Waals surface area (Å²) < 4.78 is 2.39. The minimum Gasteiger partial charge on any atom is -0.388 e.